The van der Waals surface area contributed by atoms with E-state index in [1.165, 1.54) is 124 Å². The fraction of sp³-hybridized carbons (Fsp3) is 0.333. The molecule has 8 aromatic carbocycles. The van der Waals surface area contributed by atoms with Crippen LogP contribution in [0.25, 0.3) is 33.4 Å². The maximum absolute atomic E-state index is 2.75. The van der Waals surface area contributed by atoms with E-state index in [-0.39, 0.29) is 39.2 Å². The highest BCUT2D eigenvalue weighted by Crippen LogP contribution is 2.54. The van der Waals surface area contributed by atoms with Gasteiger partial charge in [-0.05, 0) is 184 Å². The molecule has 0 radical (unpaired) electrons. The molecule has 0 unspecified atom stereocenters. The number of benzene rings is 8. The number of hydrogen-bond donors (Lipinski definition) is 0. The first-order valence-electron chi connectivity index (χ1n) is 28.0. The van der Waals surface area contributed by atoms with Crippen molar-refractivity contribution in [2.24, 2.45) is 0 Å². The van der Waals surface area contributed by atoms with Crippen LogP contribution in [0.1, 0.15) is 156 Å². The van der Waals surface area contributed by atoms with Crippen molar-refractivity contribution in [1.82, 2.24) is 0 Å². The van der Waals surface area contributed by atoms with Crippen molar-refractivity contribution >= 4 is 57.2 Å². The second kappa shape index (κ2) is 17.0. The van der Waals surface area contributed by atoms with E-state index in [0.29, 0.717) is 0 Å². The molecular weight excluding hydrogens is 904 g/mol. The summed E-state index contributed by atoms with van der Waals surface area (Å²) in [7, 11) is 0. The lowest BCUT2D eigenvalue weighted by Gasteiger charge is -2.48. The molecule has 12 rings (SSSR count). The average molecular weight is 981 g/mol. The van der Waals surface area contributed by atoms with Crippen LogP contribution in [0, 0.1) is 0 Å². The van der Waals surface area contributed by atoms with Gasteiger partial charge < -0.3 is 9.80 Å². The molecule has 0 fully saturated rings. The van der Waals surface area contributed by atoms with Crippen LogP contribution in [0.4, 0.5) is 34.1 Å². The lowest BCUT2D eigenvalue weighted by atomic mass is 9.33. The van der Waals surface area contributed by atoms with E-state index in [0.717, 1.165) is 18.5 Å². The van der Waals surface area contributed by atoms with Crippen LogP contribution < -0.4 is 26.2 Å². The van der Waals surface area contributed by atoms with E-state index < -0.39 is 0 Å². The van der Waals surface area contributed by atoms with Gasteiger partial charge in [-0.15, -0.1) is 0 Å². The summed E-state index contributed by atoms with van der Waals surface area (Å²) in [6.45, 7) is 34.1. The third kappa shape index (κ3) is 8.13. The Morgan fingerprint density at radius 1 is 0.347 bits per heavy atom. The zero-order valence-corrected chi connectivity index (χ0v) is 47.4. The Balaban J connectivity index is 1.21. The minimum absolute atomic E-state index is 0.00765. The van der Waals surface area contributed by atoms with Crippen LogP contribution in [0.5, 0.6) is 0 Å². The van der Waals surface area contributed by atoms with Gasteiger partial charge in [0.2, 0.25) is 0 Å². The maximum Gasteiger partial charge on any atom is 0.252 e. The minimum Gasteiger partial charge on any atom is -0.311 e. The number of hydrogen-bond acceptors (Lipinski definition) is 2. The molecule has 0 amide bonds. The van der Waals surface area contributed by atoms with Gasteiger partial charge in [0.15, 0.2) is 0 Å². The predicted molar refractivity (Wildman–Crippen MR) is 325 cm³/mol. The minimum atomic E-state index is -0.148. The van der Waals surface area contributed by atoms with Gasteiger partial charge >= 0.3 is 0 Å². The van der Waals surface area contributed by atoms with Gasteiger partial charge in [-0.1, -0.05) is 212 Å². The van der Waals surface area contributed by atoms with Gasteiger partial charge in [-0.25, -0.2) is 0 Å². The summed E-state index contributed by atoms with van der Waals surface area (Å²) in [4.78, 5) is 5.35. The number of nitrogens with zero attached hydrogens (tertiary/aromatic N) is 2. The molecule has 378 valence electrons. The molecule has 0 atom stereocenters. The molecule has 2 aliphatic heterocycles. The Labute approximate surface area is 450 Å². The van der Waals surface area contributed by atoms with Crippen molar-refractivity contribution in [1.29, 1.82) is 0 Å². The summed E-state index contributed by atoms with van der Waals surface area (Å²) < 4.78 is 0. The van der Waals surface area contributed by atoms with Crippen molar-refractivity contribution < 1.29 is 0 Å². The average Bonchev–Trinajstić information content (AvgIpc) is 3.48. The molecule has 0 N–H and O–H groups in total. The molecule has 4 aliphatic rings. The Kier molecular flexibility index (Phi) is 11.2. The van der Waals surface area contributed by atoms with Crippen LogP contribution in [-0.4, -0.2) is 6.71 Å². The van der Waals surface area contributed by atoms with Crippen molar-refractivity contribution in [3.8, 4) is 33.4 Å². The highest BCUT2D eigenvalue weighted by Gasteiger charge is 2.48. The zero-order chi connectivity index (χ0) is 52.8. The summed E-state index contributed by atoms with van der Waals surface area (Å²) in [5.74, 6) is 0. The van der Waals surface area contributed by atoms with Crippen LogP contribution in [0.15, 0.2) is 164 Å². The predicted octanol–water partition coefficient (Wildman–Crippen LogP) is 18.1. The molecule has 75 heavy (non-hydrogen) atoms. The van der Waals surface area contributed by atoms with E-state index in [9.17, 15) is 0 Å². The summed E-state index contributed by atoms with van der Waals surface area (Å²) in [5, 5.41) is 0. The van der Waals surface area contributed by atoms with Crippen molar-refractivity contribution in [2.75, 3.05) is 9.80 Å². The molecular formula is C72H77BN2. The molecule has 0 aromatic heterocycles. The lowest BCUT2D eigenvalue weighted by molar-refractivity contribution is 0.332. The fourth-order valence-electron chi connectivity index (χ4n) is 13.5. The van der Waals surface area contributed by atoms with Crippen LogP contribution in [-0.2, 0) is 32.5 Å². The first-order chi connectivity index (χ1) is 35.4. The smallest absolute Gasteiger partial charge is 0.252 e. The van der Waals surface area contributed by atoms with E-state index >= 15 is 0 Å². The topological polar surface area (TPSA) is 6.48 Å². The first kappa shape index (κ1) is 49.3. The second-order valence-corrected chi connectivity index (χ2v) is 27.6. The van der Waals surface area contributed by atoms with E-state index in [2.05, 4.69) is 271 Å². The SMILES string of the molecule is CC(C)(C)c1ccc(N2c3cc4c(cc3B3c5cc(-c6ccccc6)ccc5N(c5ccc(-c6ccccc6)cc5)c5cc(C(C)(C)C)cc2c53)C(C)(C)CCC4(C)C)c(-c2ccc3c(c2)C(C)(C)CCC3(C)C)c1. The van der Waals surface area contributed by atoms with Crippen molar-refractivity contribution in [3.63, 3.8) is 0 Å². The molecule has 0 saturated heterocycles. The number of anilines is 6. The first-order valence-corrected chi connectivity index (χ1v) is 28.0. The molecule has 0 saturated carbocycles. The van der Waals surface area contributed by atoms with Gasteiger partial charge in [-0.2, -0.15) is 0 Å². The van der Waals surface area contributed by atoms with Gasteiger partial charge in [0, 0.05) is 34.0 Å². The zero-order valence-electron chi connectivity index (χ0n) is 47.4. The van der Waals surface area contributed by atoms with E-state index in [4.69, 9.17) is 0 Å². The molecule has 2 heterocycles. The Morgan fingerprint density at radius 3 is 1.40 bits per heavy atom. The summed E-state index contributed by atoms with van der Waals surface area (Å²) >= 11 is 0. The van der Waals surface area contributed by atoms with Gasteiger partial charge in [0.1, 0.15) is 0 Å². The highest BCUT2D eigenvalue weighted by molar-refractivity contribution is 7.00. The third-order valence-corrected chi connectivity index (χ3v) is 18.5. The lowest BCUT2D eigenvalue weighted by Crippen LogP contribution is -2.62. The summed E-state index contributed by atoms with van der Waals surface area (Å²) in [6.07, 6.45) is 4.67. The maximum atomic E-state index is 2.75. The molecule has 0 spiro atoms. The molecule has 2 nitrogen and oxygen atoms in total. The molecule has 3 heteroatoms. The third-order valence-electron chi connectivity index (χ3n) is 18.5. The fourth-order valence-corrected chi connectivity index (χ4v) is 13.5. The normalized spacial score (nSPS) is 17.6. The number of rotatable bonds is 5. The van der Waals surface area contributed by atoms with Gasteiger partial charge in [-0.3, -0.25) is 0 Å². The number of fused-ring (bicyclic) bond motifs is 6. The molecule has 2 aliphatic carbocycles. The van der Waals surface area contributed by atoms with E-state index in [1.54, 1.807) is 0 Å². The monoisotopic (exact) mass is 981 g/mol. The Hall–Kier alpha value is -6.58. The largest absolute Gasteiger partial charge is 0.311 e. The summed E-state index contributed by atoms with van der Waals surface area (Å²) in [5.41, 5.74) is 27.7. The van der Waals surface area contributed by atoms with Gasteiger partial charge in [0.05, 0.1) is 5.69 Å². The van der Waals surface area contributed by atoms with Crippen molar-refractivity contribution in [3.05, 3.63) is 197 Å². The van der Waals surface area contributed by atoms with Crippen LogP contribution >= 0.6 is 0 Å². The summed E-state index contributed by atoms with van der Waals surface area (Å²) in [6, 6.07) is 64.0. The molecule has 0 bridgehead atoms. The van der Waals surface area contributed by atoms with Crippen LogP contribution in [0.3, 0.4) is 0 Å². The Morgan fingerprint density at radius 2 is 0.813 bits per heavy atom. The van der Waals surface area contributed by atoms with E-state index in [1.807, 2.05) is 0 Å². The van der Waals surface area contributed by atoms with Crippen LogP contribution in [0.2, 0.25) is 0 Å². The highest BCUT2D eigenvalue weighted by atomic mass is 15.2. The quantitative estimate of drug-likeness (QED) is 0.159. The van der Waals surface area contributed by atoms with Crippen molar-refractivity contribution in [2.45, 2.75) is 155 Å². The molecule has 8 aromatic rings. The standard InChI is InChI=1S/C72H77BN2/c1-67(2,3)51-29-34-61(54(41-51)50-27-32-55-56(39-50)70(9,10)36-35-69(55,7)8)75-63-45-58-57(71(11,12)37-38-72(58,13)14)44-60(63)73-59-40-49(47-23-19-16-20-24-47)28-33-62(59)74(64-42-52(68(4,5)6)43-65(75)66(64)73)53-30-25-48(26-31-53)46-21-17-15-18-22-46/h15-34,39-45H,35-38H2,1-14H3. The second-order valence-electron chi connectivity index (χ2n) is 27.6. The van der Waals surface area contributed by atoms with Gasteiger partial charge in [0.25, 0.3) is 6.71 Å². The Bertz CT molecular complexity index is 3560.